The summed E-state index contributed by atoms with van der Waals surface area (Å²) in [6, 6.07) is 6.07. The Hall–Kier alpha value is -2.18. The van der Waals surface area contributed by atoms with Crippen LogP contribution in [0.15, 0.2) is 30.5 Å². The van der Waals surface area contributed by atoms with Gasteiger partial charge < -0.3 is 15.9 Å². The number of aliphatic carboxylic acids is 1. The molecule has 2 rings (SSSR count). The first-order chi connectivity index (χ1) is 9.04. The number of para-hydroxylation sites is 1. The molecular weight excluding hydrogens is 248 g/mol. The first-order valence-corrected chi connectivity index (χ1v) is 5.76. The Kier molecular flexibility index (Phi) is 3.64. The normalized spacial score (nSPS) is 12.5. The molecule has 0 unspecified atom stereocenters. The maximum Gasteiger partial charge on any atom is 0.320 e. The van der Waals surface area contributed by atoms with Gasteiger partial charge in [-0.2, -0.15) is 0 Å². The number of aliphatic hydroxyl groups excluding tert-OH is 1. The van der Waals surface area contributed by atoms with Gasteiger partial charge in [-0.05, 0) is 11.6 Å². The Balaban J connectivity index is 2.50. The molecule has 0 amide bonds. The van der Waals surface area contributed by atoms with Crippen molar-refractivity contribution in [2.24, 2.45) is 5.73 Å². The molecule has 4 N–H and O–H groups in total. The van der Waals surface area contributed by atoms with Crippen LogP contribution in [0.25, 0.3) is 10.9 Å². The van der Waals surface area contributed by atoms with Crippen molar-refractivity contribution in [2.75, 3.05) is 6.61 Å². The highest BCUT2D eigenvalue weighted by molar-refractivity contribution is 5.95. The number of carboxylic acid groups (broad SMARTS) is 1. The van der Waals surface area contributed by atoms with Gasteiger partial charge in [0.1, 0.15) is 12.6 Å². The summed E-state index contributed by atoms with van der Waals surface area (Å²) in [5, 5.41) is 18.5. The second kappa shape index (κ2) is 5.21. The van der Waals surface area contributed by atoms with E-state index in [0.29, 0.717) is 11.1 Å². The predicted molar refractivity (Wildman–Crippen MR) is 69.0 cm³/mol. The zero-order valence-electron chi connectivity index (χ0n) is 10.1. The van der Waals surface area contributed by atoms with Gasteiger partial charge >= 0.3 is 5.97 Å². The molecule has 0 aliphatic carbocycles. The quantitative estimate of drug-likeness (QED) is 0.731. The van der Waals surface area contributed by atoms with Crippen LogP contribution in [0.1, 0.15) is 10.4 Å². The molecule has 0 spiro atoms. The van der Waals surface area contributed by atoms with E-state index in [1.165, 1.54) is 10.8 Å². The summed E-state index contributed by atoms with van der Waals surface area (Å²) in [5.74, 6) is -1.56. The van der Waals surface area contributed by atoms with Crippen LogP contribution in [0.2, 0.25) is 0 Å². The Bertz CT molecular complexity index is 633. The molecule has 0 aliphatic heterocycles. The van der Waals surface area contributed by atoms with E-state index in [4.69, 9.17) is 15.9 Å². The molecule has 19 heavy (non-hydrogen) atoms. The summed E-state index contributed by atoms with van der Waals surface area (Å²) in [6.07, 6.45) is 1.66. The van der Waals surface area contributed by atoms with Gasteiger partial charge in [-0.1, -0.05) is 18.2 Å². The number of carboxylic acids is 1. The van der Waals surface area contributed by atoms with E-state index in [2.05, 4.69) is 0 Å². The Morgan fingerprint density at radius 1 is 1.32 bits per heavy atom. The monoisotopic (exact) mass is 262 g/mol. The average Bonchev–Trinajstić information content (AvgIpc) is 2.77. The minimum atomic E-state index is -1.09. The molecule has 1 heterocycles. The van der Waals surface area contributed by atoms with Gasteiger partial charge in [-0.3, -0.25) is 14.2 Å². The smallest absolute Gasteiger partial charge is 0.320 e. The fourth-order valence-corrected chi connectivity index (χ4v) is 2.02. The largest absolute Gasteiger partial charge is 0.480 e. The predicted octanol–water partition coefficient (Wildman–Crippen LogP) is 0.228. The third kappa shape index (κ3) is 2.49. The van der Waals surface area contributed by atoms with Crippen LogP contribution in [0.4, 0.5) is 0 Å². The van der Waals surface area contributed by atoms with Gasteiger partial charge in [0.25, 0.3) is 5.91 Å². The fourth-order valence-electron chi connectivity index (χ4n) is 2.02. The van der Waals surface area contributed by atoms with Crippen molar-refractivity contribution in [1.82, 2.24) is 4.57 Å². The molecule has 0 aliphatic rings. The Morgan fingerprint density at radius 2 is 2.00 bits per heavy atom. The van der Waals surface area contributed by atoms with Gasteiger partial charge in [-0.25, -0.2) is 0 Å². The highest BCUT2D eigenvalue weighted by Gasteiger charge is 2.18. The number of carbonyl (C=O) groups excluding carboxylic acids is 1. The van der Waals surface area contributed by atoms with E-state index in [0.717, 1.165) is 5.39 Å². The van der Waals surface area contributed by atoms with Crippen LogP contribution in [0.3, 0.4) is 0 Å². The lowest BCUT2D eigenvalue weighted by Gasteiger charge is -2.04. The molecule has 2 aromatic rings. The zero-order chi connectivity index (χ0) is 14.0. The van der Waals surface area contributed by atoms with Gasteiger partial charge in [0.05, 0.1) is 5.52 Å². The number of hydrogen-bond acceptors (Lipinski definition) is 4. The van der Waals surface area contributed by atoms with Crippen molar-refractivity contribution >= 4 is 22.8 Å². The van der Waals surface area contributed by atoms with E-state index in [-0.39, 0.29) is 6.42 Å². The van der Waals surface area contributed by atoms with Gasteiger partial charge in [0.2, 0.25) is 0 Å². The standard InChI is InChI=1S/C13H14N2O4/c14-10(13(18)19)5-8-6-15(12(17)7-16)11-4-2-1-3-9(8)11/h1-4,6,10,16H,5,7,14H2,(H,18,19)/t10-/m0/s1. The Morgan fingerprint density at radius 3 is 2.63 bits per heavy atom. The van der Waals surface area contributed by atoms with Gasteiger partial charge in [0, 0.05) is 18.0 Å². The summed E-state index contributed by atoms with van der Waals surface area (Å²) >= 11 is 0. The Labute approximate surface area is 109 Å². The number of carbonyl (C=O) groups is 2. The zero-order valence-corrected chi connectivity index (χ0v) is 10.1. The number of hydrogen-bond donors (Lipinski definition) is 3. The SMILES string of the molecule is N[C@@H](Cc1cn(C(=O)CO)c2ccccc12)C(=O)O. The van der Waals surface area contributed by atoms with Crippen LogP contribution in [-0.4, -0.2) is 39.3 Å². The van der Waals surface area contributed by atoms with Crippen LogP contribution >= 0.6 is 0 Å². The number of nitrogens with two attached hydrogens (primary N) is 1. The van der Waals surface area contributed by atoms with Crippen molar-refractivity contribution in [2.45, 2.75) is 12.5 Å². The number of rotatable bonds is 4. The fraction of sp³-hybridized carbons (Fsp3) is 0.231. The number of aliphatic hydroxyl groups is 1. The highest BCUT2D eigenvalue weighted by Crippen LogP contribution is 2.22. The van der Waals surface area contributed by atoms with Crippen LogP contribution < -0.4 is 5.73 Å². The van der Waals surface area contributed by atoms with E-state index in [9.17, 15) is 9.59 Å². The minimum absolute atomic E-state index is 0.127. The second-order valence-electron chi connectivity index (χ2n) is 4.24. The first kappa shape index (κ1) is 13.3. The summed E-state index contributed by atoms with van der Waals surface area (Å²) < 4.78 is 1.32. The van der Waals surface area contributed by atoms with E-state index < -0.39 is 24.5 Å². The maximum atomic E-state index is 11.6. The molecule has 0 radical (unpaired) electrons. The van der Waals surface area contributed by atoms with Crippen molar-refractivity contribution in [1.29, 1.82) is 0 Å². The first-order valence-electron chi connectivity index (χ1n) is 5.76. The van der Waals surface area contributed by atoms with Crippen LogP contribution in [0, 0.1) is 0 Å². The molecule has 0 saturated carbocycles. The molecule has 0 bridgehead atoms. The molecule has 1 aromatic heterocycles. The number of benzene rings is 1. The third-order valence-electron chi connectivity index (χ3n) is 2.96. The van der Waals surface area contributed by atoms with Crippen molar-refractivity contribution in [3.05, 3.63) is 36.0 Å². The van der Waals surface area contributed by atoms with E-state index in [1.807, 2.05) is 0 Å². The minimum Gasteiger partial charge on any atom is -0.480 e. The number of aromatic nitrogens is 1. The molecule has 1 aromatic carbocycles. The molecule has 100 valence electrons. The molecule has 0 fully saturated rings. The second-order valence-corrected chi connectivity index (χ2v) is 4.24. The van der Waals surface area contributed by atoms with E-state index >= 15 is 0 Å². The topological polar surface area (TPSA) is 106 Å². The van der Waals surface area contributed by atoms with Crippen molar-refractivity contribution < 1.29 is 19.8 Å². The van der Waals surface area contributed by atoms with Gasteiger partial charge in [-0.15, -0.1) is 0 Å². The summed E-state index contributed by atoms with van der Waals surface area (Å²) in [5.41, 5.74) is 6.82. The van der Waals surface area contributed by atoms with Gasteiger partial charge in [0.15, 0.2) is 0 Å². The molecule has 0 saturated heterocycles. The molecule has 1 atom stereocenters. The van der Waals surface area contributed by atoms with Crippen LogP contribution in [0.5, 0.6) is 0 Å². The third-order valence-corrected chi connectivity index (χ3v) is 2.96. The van der Waals surface area contributed by atoms with E-state index in [1.54, 1.807) is 24.3 Å². The average molecular weight is 262 g/mol. The molecular formula is C13H14N2O4. The summed E-state index contributed by atoms with van der Waals surface area (Å²) in [4.78, 5) is 22.4. The lowest BCUT2D eigenvalue weighted by Crippen LogP contribution is -2.32. The number of fused-ring (bicyclic) bond motifs is 1. The molecule has 6 nitrogen and oxygen atoms in total. The highest BCUT2D eigenvalue weighted by atomic mass is 16.4. The van der Waals surface area contributed by atoms with Crippen molar-refractivity contribution in [3.8, 4) is 0 Å². The lowest BCUT2D eigenvalue weighted by molar-refractivity contribution is -0.138. The van der Waals surface area contributed by atoms with Crippen LogP contribution in [-0.2, 0) is 11.2 Å². The summed E-state index contributed by atoms with van der Waals surface area (Å²) in [7, 11) is 0. The maximum absolute atomic E-state index is 11.6. The number of nitrogens with zero attached hydrogens (tertiary/aromatic N) is 1. The van der Waals surface area contributed by atoms with Crippen molar-refractivity contribution in [3.63, 3.8) is 0 Å². The molecule has 6 heteroatoms. The lowest BCUT2D eigenvalue weighted by atomic mass is 10.1. The summed E-state index contributed by atoms with van der Waals surface area (Å²) in [6.45, 7) is -0.608.